The molecule has 0 saturated heterocycles. The Morgan fingerprint density at radius 2 is 1.85 bits per heavy atom. The smallest absolute Gasteiger partial charge is 0.392 e. The number of amides is 2. The van der Waals surface area contributed by atoms with Crippen LogP contribution in [0.5, 0.6) is 0 Å². The topological polar surface area (TPSA) is 118 Å². The molecule has 174 valence electrons. The van der Waals surface area contributed by atoms with Gasteiger partial charge in [-0.1, -0.05) is 12.1 Å². The molecule has 0 aliphatic rings. The quantitative estimate of drug-likeness (QED) is 0.269. The van der Waals surface area contributed by atoms with Crippen molar-refractivity contribution in [2.45, 2.75) is 12.8 Å². The number of carbonyl (C=O) groups excluding carboxylic acids is 1. The van der Waals surface area contributed by atoms with E-state index in [2.05, 4.69) is 20.7 Å². The van der Waals surface area contributed by atoms with Crippen molar-refractivity contribution in [3.63, 3.8) is 0 Å². The lowest BCUT2D eigenvalue weighted by Crippen LogP contribution is -2.20. The molecule has 0 bridgehead atoms. The predicted molar refractivity (Wildman–Crippen MR) is 121 cm³/mol. The van der Waals surface area contributed by atoms with Gasteiger partial charge in [-0.2, -0.15) is 18.3 Å². The molecule has 2 heterocycles. The summed E-state index contributed by atoms with van der Waals surface area (Å²) in [7, 11) is 1.78. The van der Waals surface area contributed by atoms with E-state index < -0.39 is 29.3 Å². The van der Waals surface area contributed by atoms with E-state index in [0.29, 0.717) is 51.7 Å². The van der Waals surface area contributed by atoms with Gasteiger partial charge in [-0.25, -0.2) is 18.7 Å². The molecule has 34 heavy (non-hydrogen) atoms. The van der Waals surface area contributed by atoms with Gasteiger partial charge in [0.25, 0.3) is 0 Å². The standard InChI is InChI=1S/C21H17BF4N6O2/c22-18-13(8-33)16(17-19(27)28-9-29-32(17)18)10-1-4-12(5-2-10)30-20(34)31-15-7-11(21(24,25)26)3-6-14(15)23/h1-7,9,33H,8,22H2,(H2,27,28,29)(H2,30,31,34). The van der Waals surface area contributed by atoms with Crippen molar-refractivity contribution in [1.82, 2.24) is 14.6 Å². The first-order chi connectivity index (χ1) is 16.1. The molecule has 5 N–H and O–H groups in total. The largest absolute Gasteiger partial charge is 0.416 e. The summed E-state index contributed by atoms with van der Waals surface area (Å²) in [6, 6.07) is 7.19. The van der Waals surface area contributed by atoms with Crippen LogP contribution in [0.1, 0.15) is 11.1 Å². The first-order valence-electron chi connectivity index (χ1n) is 9.87. The van der Waals surface area contributed by atoms with Gasteiger partial charge >= 0.3 is 12.2 Å². The highest BCUT2D eigenvalue weighted by atomic mass is 19.4. The number of aromatic nitrogens is 3. The van der Waals surface area contributed by atoms with E-state index >= 15 is 0 Å². The number of nitrogens with one attached hydrogen (secondary N) is 2. The van der Waals surface area contributed by atoms with Gasteiger partial charge in [0.1, 0.15) is 17.7 Å². The fourth-order valence-electron chi connectivity index (χ4n) is 3.61. The Hall–Kier alpha value is -4.13. The molecule has 0 radical (unpaired) electrons. The third-order valence-corrected chi connectivity index (χ3v) is 5.24. The fourth-order valence-corrected chi connectivity index (χ4v) is 3.61. The summed E-state index contributed by atoms with van der Waals surface area (Å²) in [5, 5.41) is 18.6. The number of anilines is 3. The lowest BCUT2D eigenvalue weighted by molar-refractivity contribution is -0.137. The summed E-state index contributed by atoms with van der Waals surface area (Å²) in [6.45, 7) is -0.269. The second-order valence-corrected chi connectivity index (χ2v) is 7.35. The molecule has 8 nitrogen and oxygen atoms in total. The average molecular weight is 472 g/mol. The molecular formula is C21H17BF4N6O2. The third-order valence-electron chi connectivity index (χ3n) is 5.24. The van der Waals surface area contributed by atoms with Crippen LogP contribution in [0.4, 0.5) is 39.5 Å². The van der Waals surface area contributed by atoms with E-state index in [1.165, 1.54) is 18.5 Å². The third kappa shape index (κ3) is 4.24. The minimum absolute atomic E-state index is 0.220. The molecule has 2 aromatic heterocycles. The van der Waals surface area contributed by atoms with Crippen LogP contribution < -0.4 is 22.0 Å². The van der Waals surface area contributed by atoms with E-state index in [9.17, 15) is 27.5 Å². The average Bonchev–Trinajstić information content (AvgIpc) is 3.08. The number of urea groups is 1. The fraction of sp³-hybridized carbons (Fsp3) is 0.0952. The number of halogens is 4. The maximum absolute atomic E-state index is 13.9. The van der Waals surface area contributed by atoms with Gasteiger partial charge in [0.05, 0.1) is 17.9 Å². The zero-order valence-corrected chi connectivity index (χ0v) is 17.6. The molecule has 2 amide bonds. The molecule has 0 fully saturated rings. The zero-order valence-electron chi connectivity index (χ0n) is 17.6. The first-order valence-corrected chi connectivity index (χ1v) is 9.87. The van der Waals surface area contributed by atoms with Crippen molar-refractivity contribution in [3.8, 4) is 11.1 Å². The number of alkyl halides is 3. The lowest BCUT2D eigenvalue weighted by Gasteiger charge is -2.12. The lowest BCUT2D eigenvalue weighted by atomic mass is 9.94. The minimum atomic E-state index is -4.68. The monoisotopic (exact) mass is 472 g/mol. The Morgan fingerprint density at radius 1 is 1.15 bits per heavy atom. The van der Waals surface area contributed by atoms with Crippen molar-refractivity contribution in [2.24, 2.45) is 0 Å². The Kier molecular flexibility index (Phi) is 5.88. The molecule has 13 heteroatoms. The predicted octanol–water partition coefficient (Wildman–Crippen LogP) is 2.53. The number of nitrogen functional groups attached to an aromatic ring is 1. The molecule has 0 atom stereocenters. The summed E-state index contributed by atoms with van der Waals surface area (Å²) in [4.78, 5) is 16.2. The van der Waals surface area contributed by atoms with Gasteiger partial charge < -0.3 is 21.5 Å². The number of rotatable bonds is 4. The number of nitrogens with two attached hydrogens (primary N) is 1. The SMILES string of the molecule is Bc1c(CO)c(-c2ccc(NC(=O)Nc3cc(C(F)(F)F)ccc3F)cc2)c2c(N)ncnn12. The van der Waals surface area contributed by atoms with Gasteiger partial charge in [0.15, 0.2) is 13.7 Å². The number of aliphatic hydroxyl groups excluding tert-OH is 1. The highest BCUT2D eigenvalue weighted by Gasteiger charge is 2.31. The maximum atomic E-state index is 13.9. The summed E-state index contributed by atoms with van der Waals surface area (Å²) in [5.41, 5.74) is 7.71. The van der Waals surface area contributed by atoms with Crippen molar-refractivity contribution < 1.29 is 27.5 Å². The van der Waals surface area contributed by atoms with E-state index in [4.69, 9.17) is 5.73 Å². The van der Waals surface area contributed by atoms with Crippen molar-refractivity contribution in [1.29, 1.82) is 0 Å². The second-order valence-electron chi connectivity index (χ2n) is 7.35. The maximum Gasteiger partial charge on any atom is 0.416 e. The summed E-state index contributed by atoms with van der Waals surface area (Å²) in [5.74, 6) is -0.789. The highest BCUT2D eigenvalue weighted by molar-refractivity contribution is 6.33. The van der Waals surface area contributed by atoms with Crippen LogP contribution >= 0.6 is 0 Å². The second kappa shape index (κ2) is 8.67. The molecule has 0 saturated carbocycles. The summed E-state index contributed by atoms with van der Waals surface area (Å²) >= 11 is 0. The summed E-state index contributed by atoms with van der Waals surface area (Å²) < 4.78 is 54.0. The van der Waals surface area contributed by atoms with Crippen LogP contribution in [-0.2, 0) is 12.8 Å². The summed E-state index contributed by atoms with van der Waals surface area (Å²) in [6.07, 6.45) is -3.38. The van der Waals surface area contributed by atoms with Gasteiger partial charge in [-0.05, 0) is 41.5 Å². The Balaban J connectivity index is 1.58. The van der Waals surface area contributed by atoms with Crippen molar-refractivity contribution >= 4 is 42.2 Å². The van der Waals surface area contributed by atoms with Gasteiger partial charge in [-0.3, -0.25) is 0 Å². The van der Waals surface area contributed by atoms with E-state index in [1.807, 2.05) is 0 Å². The number of fused-ring (bicyclic) bond motifs is 1. The number of benzene rings is 2. The van der Waals surface area contributed by atoms with Crippen LogP contribution in [0, 0.1) is 5.82 Å². The van der Waals surface area contributed by atoms with Gasteiger partial charge in [-0.15, -0.1) is 0 Å². The minimum Gasteiger partial charge on any atom is -0.392 e. The highest BCUT2D eigenvalue weighted by Crippen LogP contribution is 2.33. The van der Waals surface area contributed by atoms with Gasteiger partial charge in [0, 0.05) is 16.8 Å². The van der Waals surface area contributed by atoms with Crippen molar-refractivity contribution in [2.75, 3.05) is 16.4 Å². The van der Waals surface area contributed by atoms with Crippen molar-refractivity contribution in [3.05, 3.63) is 65.7 Å². The Morgan fingerprint density at radius 3 is 2.50 bits per heavy atom. The van der Waals surface area contributed by atoms with Crippen LogP contribution in [0.25, 0.3) is 16.6 Å². The molecule has 0 aliphatic heterocycles. The number of hydrogen-bond donors (Lipinski definition) is 4. The number of carbonyl (C=O) groups is 1. The molecule has 2 aromatic carbocycles. The Labute approximate surface area is 190 Å². The number of nitrogens with zero attached hydrogens (tertiary/aromatic N) is 3. The van der Waals surface area contributed by atoms with Crippen LogP contribution in [0.2, 0.25) is 0 Å². The first kappa shape index (κ1) is 23.0. The molecule has 4 rings (SSSR count). The number of aliphatic hydroxyl groups is 1. The van der Waals surface area contributed by atoms with Crippen LogP contribution in [0.15, 0.2) is 48.8 Å². The Bertz CT molecular complexity index is 1390. The zero-order chi connectivity index (χ0) is 24.6. The normalized spacial score (nSPS) is 11.6. The number of hydrogen-bond acceptors (Lipinski definition) is 5. The van der Waals surface area contributed by atoms with E-state index in [-0.39, 0.29) is 12.4 Å². The molecule has 0 aliphatic carbocycles. The molecular weight excluding hydrogens is 455 g/mol. The van der Waals surface area contributed by atoms with E-state index in [1.54, 1.807) is 24.5 Å². The van der Waals surface area contributed by atoms with E-state index in [0.717, 1.165) is 0 Å². The van der Waals surface area contributed by atoms with Crippen LogP contribution in [-0.4, -0.2) is 33.6 Å². The molecule has 4 aromatic rings. The molecule has 0 unspecified atom stereocenters. The van der Waals surface area contributed by atoms with Gasteiger partial charge in [0.2, 0.25) is 0 Å². The molecule has 0 spiro atoms. The van der Waals surface area contributed by atoms with Crippen LogP contribution in [0.3, 0.4) is 0 Å².